The van der Waals surface area contributed by atoms with Gasteiger partial charge < -0.3 is 10.5 Å². The lowest BCUT2D eigenvalue weighted by Gasteiger charge is -2.19. The third kappa shape index (κ3) is 2.80. The molecule has 2 nitrogen and oxygen atoms in total. The van der Waals surface area contributed by atoms with Gasteiger partial charge in [-0.25, -0.2) is 0 Å². The minimum Gasteiger partial charge on any atom is -0.377 e. The highest BCUT2D eigenvalue weighted by Gasteiger charge is 2.22. The van der Waals surface area contributed by atoms with Gasteiger partial charge in [0.25, 0.3) is 0 Å². The van der Waals surface area contributed by atoms with Gasteiger partial charge in [-0.15, -0.1) is 0 Å². The van der Waals surface area contributed by atoms with Crippen LogP contribution >= 0.6 is 0 Å². The summed E-state index contributed by atoms with van der Waals surface area (Å²) in [6.07, 6.45) is 3.78. The van der Waals surface area contributed by atoms with Gasteiger partial charge in [-0.3, -0.25) is 0 Å². The number of ether oxygens (including phenoxy) is 1. The molecule has 0 aromatic carbocycles. The fourth-order valence-electron chi connectivity index (χ4n) is 1.64. The van der Waals surface area contributed by atoms with E-state index in [9.17, 15) is 0 Å². The fourth-order valence-corrected chi connectivity index (χ4v) is 1.64. The Labute approximate surface area is 69.1 Å². The summed E-state index contributed by atoms with van der Waals surface area (Å²) in [6.45, 7) is 5.32. The third-order valence-corrected chi connectivity index (χ3v) is 2.19. The molecule has 1 rings (SSSR count). The van der Waals surface area contributed by atoms with E-state index in [0.717, 1.165) is 19.4 Å². The molecule has 0 aromatic rings. The highest BCUT2D eigenvalue weighted by atomic mass is 16.5. The van der Waals surface area contributed by atoms with E-state index in [-0.39, 0.29) is 6.04 Å². The number of nitrogens with two attached hydrogens (primary N) is 1. The van der Waals surface area contributed by atoms with Crippen LogP contribution in [-0.4, -0.2) is 18.8 Å². The number of rotatable bonds is 3. The Morgan fingerprint density at radius 1 is 1.55 bits per heavy atom. The average Bonchev–Trinajstić information content (AvgIpc) is 2.35. The van der Waals surface area contributed by atoms with E-state index in [1.807, 2.05) is 0 Å². The van der Waals surface area contributed by atoms with Crippen molar-refractivity contribution in [2.75, 3.05) is 6.61 Å². The Hall–Kier alpha value is -0.0800. The molecule has 0 aliphatic carbocycles. The Balaban J connectivity index is 2.22. The first-order chi connectivity index (χ1) is 5.20. The van der Waals surface area contributed by atoms with Crippen LogP contribution in [0.1, 0.15) is 33.1 Å². The maximum absolute atomic E-state index is 5.95. The number of hydrogen-bond acceptors (Lipinski definition) is 2. The smallest absolute Gasteiger partial charge is 0.0726 e. The van der Waals surface area contributed by atoms with Crippen LogP contribution < -0.4 is 5.73 Å². The molecule has 1 fully saturated rings. The highest BCUT2D eigenvalue weighted by Crippen LogP contribution is 2.18. The maximum Gasteiger partial charge on any atom is 0.0726 e. The molecule has 11 heavy (non-hydrogen) atoms. The van der Waals surface area contributed by atoms with Crippen molar-refractivity contribution >= 4 is 0 Å². The monoisotopic (exact) mass is 157 g/mol. The molecule has 0 spiro atoms. The second-order valence-corrected chi connectivity index (χ2v) is 3.84. The zero-order chi connectivity index (χ0) is 8.27. The zero-order valence-electron chi connectivity index (χ0n) is 7.55. The molecule has 66 valence electrons. The first kappa shape index (κ1) is 9.01. The van der Waals surface area contributed by atoms with Crippen LogP contribution in [0.15, 0.2) is 0 Å². The normalized spacial score (nSPS) is 27.8. The molecular weight excluding hydrogens is 138 g/mol. The quantitative estimate of drug-likeness (QED) is 0.674. The molecule has 2 unspecified atom stereocenters. The van der Waals surface area contributed by atoms with Gasteiger partial charge in [-0.2, -0.15) is 0 Å². The molecule has 2 N–H and O–H groups in total. The predicted octanol–water partition coefficient (Wildman–Crippen LogP) is 1.54. The fraction of sp³-hybridized carbons (Fsp3) is 1.00. The molecule has 1 aliphatic heterocycles. The minimum absolute atomic E-state index is 0.262. The predicted molar refractivity (Wildman–Crippen MR) is 46.4 cm³/mol. The summed E-state index contributed by atoms with van der Waals surface area (Å²) in [7, 11) is 0. The van der Waals surface area contributed by atoms with Crippen LogP contribution in [0.2, 0.25) is 0 Å². The van der Waals surface area contributed by atoms with Crippen LogP contribution in [0.3, 0.4) is 0 Å². The summed E-state index contributed by atoms with van der Waals surface area (Å²) >= 11 is 0. The van der Waals surface area contributed by atoms with E-state index in [1.165, 1.54) is 6.42 Å². The van der Waals surface area contributed by atoms with E-state index in [1.54, 1.807) is 0 Å². The van der Waals surface area contributed by atoms with Gasteiger partial charge in [0.05, 0.1) is 6.10 Å². The second-order valence-electron chi connectivity index (χ2n) is 3.84. The molecule has 2 heteroatoms. The van der Waals surface area contributed by atoms with Gasteiger partial charge in [0, 0.05) is 12.6 Å². The van der Waals surface area contributed by atoms with Crippen LogP contribution in [0.4, 0.5) is 0 Å². The van der Waals surface area contributed by atoms with Crippen molar-refractivity contribution in [1.29, 1.82) is 0 Å². The van der Waals surface area contributed by atoms with Crippen molar-refractivity contribution in [2.45, 2.75) is 45.3 Å². The zero-order valence-corrected chi connectivity index (χ0v) is 7.55. The molecule has 0 amide bonds. The number of hydrogen-bond donors (Lipinski definition) is 1. The summed E-state index contributed by atoms with van der Waals surface area (Å²) in [5.41, 5.74) is 5.95. The van der Waals surface area contributed by atoms with E-state index in [4.69, 9.17) is 10.5 Å². The van der Waals surface area contributed by atoms with E-state index < -0.39 is 0 Å². The molecule has 1 heterocycles. The largest absolute Gasteiger partial charge is 0.377 e. The Bertz CT molecular complexity index is 108. The topological polar surface area (TPSA) is 35.2 Å². The van der Waals surface area contributed by atoms with Crippen LogP contribution in [-0.2, 0) is 4.74 Å². The molecule has 0 bridgehead atoms. The highest BCUT2D eigenvalue weighted by molar-refractivity contribution is 4.77. The molecule has 0 saturated carbocycles. The Morgan fingerprint density at radius 2 is 2.27 bits per heavy atom. The van der Waals surface area contributed by atoms with Crippen molar-refractivity contribution in [2.24, 2.45) is 11.7 Å². The minimum atomic E-state index is 0.262. The van der Waals surface area contributed by atoms with E-state index >= 15 is 0 Å². The second kappa shape index (κ2) is 4.07. The van der Waals surface area contributed by atoms with Crippen molar-refractivity contribution < 1.29 is 4.74 Å². The van der Waals surface area contributed by atoms with Gasteiger partial charge in [0.1, 0.15) is 0 Å². The molecule has 0 radical (unpaired) electrons. The van der Waals surface area contributed by atoms with Crippen molar-refractivity contribution in [3.05, 3.63) is 0 Å². The van der Waals surface area contributed by atoms with Crippen LogP contribution in [0, 0.1) is 5.92 Å². The van der Waals surface area contributed by atoms with Gasteiger partial charge in [0.2, 0.25) is 0 Å². The van der Waals surface area contributed by atoms with Gasteiger partial charge in [-0.1, -0.05) is 13.8 Å². The van der Waals surface area contributed by atoms with Gasteiger partial charge in [-0.05, 0) is 25.2 Å². The summed E-state index contributed by atoms with van der Waals surface area (Å²) in [5.74, 6) is 0.689. The maximum atomic E-state index is 5.95. The average molecular weight is 157 g/mol. The molecule has 2 atom stereocenters. The summed E-state index contributed by atoms with van der Waals surface area (Å²) in [5, 5.41) is 0. The first-order valence-corrected chi connectivity index (χ1v) is 4.57. The molecule has 1 saturated heterocycles. The first-order valence-electron chi connectivity index (χ1n) is 4.57. The summed E-state index contributed by atoms with van der Waals surface area (Å²) < 4.78 is 5.49. The molecule has 1 aliphatic rings. The standard InChI is InChI=1S/C9H19NO/c1-7(2)6-8(10)9-4-3-5-11-9/h7-9H,3-6,10H2,1-2H3. The Morgan fingerprint density at radius 3 is 2.73 bits per heavy atom. The Kier molecular flexibility index (Phi) is 3.34. The lowest BCUT2D eigenvalue weighted by molar-refractivity contribution is 0.0839. The van der Waals surface area contributed by atoms with Gasteiger partial charge >= 0.3 is 0 Å². The molecule has 0 aromatic heterocycles. The van der Waals surface area contributed by atoms with Crippen molar-refractivity contribution in [1.82, 2.24) is 0 Å². The van der Waals surface area contributed by atoms with Gasteiger partial charge in [0.15, 0.2) is 0 Å². The lowest BCUT2D eigenvalue weighted by Crippen LogP contribution is -2.35. The summed E-state index contributed by atoms with van der Waals surface area (Å²) in [4.78, 5) is 0. The lowest BCUT2D eigenvalue weighted by atomic mass is 9.98. The van der Waals surface area contributed by atoms with Crippen molar-refractivity contribution in [3.63, 3.8) is 0 Å². The summed E-state index contributed by atoms with van der Waals surface area (Å²) in [6, 6.07) is 0.262. The molecular formula is C9H19NO. The van der Waals surface area contributed by atoms with E-state index in [2.05, 4.69) is 13.8 Å². The third-order valence-electron chi connectivity index (χ3n) is 2.19. The van der Waals surface area contributed by atoms with Crippen molar-refractivity contribution in [3.8, 4) is 0 Å². The van der Waals surface area contributed by atoms with E-state index in [0.29, 0.717) is 12.0 Å². The van der Waals surface area contributed by atoms with Crippen LogP contribution in [0.25, 0.3) is 0 Å². The van der Waals surface area contributed by atoms with Crippen LogP contribution in [0.5, 0.6) is 0 Å². The SMILES string of the molecule is CC(C)CC(N)C1CCCO1.